The summed E-state index contributed by atoms with van der Waals surface area (Å²) in [6, 6.07) is 0. The topological polar surface area (TPSA) is 205 Å². The predicted molar refractivity (Wildman–Crippen MR) is 130 cm³/mol. The van der Waals surface area contributed by atoms with E-state index in [1.807, 2.05) is 0 Å². The Morgan fingerprint density at radius 3 is 2.55 bits per heavy atom. The molecule has 38 heavy (non-hydrogen) atoms. The second-order valence-electron chi connectivity index (χ2n) is 7.78. The van der Waals surface area contributed by atoms with Crippen LogP contribution in [0.25, 0.3) is 0 Å². The molecule has 3 N–H and O–H groups in total. The molecule has 15 nitrogen and oxygen atoms in total. The molecule has 0 spiro atoms. The zero-order valence-corrected chi connectivity index (χ0v) is 21.6. The highest BCUT2D eigenvalue weighted by Gasteiger charge is 2.09. The summed E-state index contributed by atoms with van der Waals surface area (Å²) in [6.45, 7) is 0.629. The van der Waals surface area contributed by atoms with Gasteiger partial charge in [0.2, 0.25) is 26.8 Å². The summed E-state index contributed by atoms with van der Waals surface area (Å²) in [7, 11) is -3.45. The van der Waals surface area contributed by atoms with Gasteiger partial charge in [-0.2, -0.15) is 0 Å². The normalized spacial score (nSPS) is 10.9. The lowest BCUT2D eigenvalue weighted by molar-refractivity contribution is -0.143. The van der Waals surface area contributed by atoms with E-state index in [1.54, 1.807) is 10.9 Å². The van der Waals surface area contributed by atoms with Crippen LogP contribution in [0.1, 0.15) is 30.5 Å². The molecule has 2 heterocycles. The molecule has 0 saturated heterocycles. The first-order chi connectivity index (χ1) is 18.1. The van der Waals surface area contributed by atoms with Gasteiger partial charge in [0, 0.05) is 38.0 Å². The lowest BCUT2D eigenvalue weighted by atomic mass is 10.2. The first kappa shape index (κ1) is 30.3. The van der Waals surface area contributed by atoms with Crippen LogP contribution >= 0.6 is 0 Å². The van der Waals surface area contributed by atoms with E-state index in [-0.39, 0.29) is 43.8 Å². The number of carboxylic acid groups (broad SMARTS) is 1. The third kappa shape index (κ3) is 12.9. The number of ether oxygens (including phenoxy) is 2. The first-order valence-electron chi connectivity index (χ1n) is 11.4. The number of carboxylic acids is 1. The highest BCUT2D eigenvalue weighted by molar-refractivity contribution is 7.90. The second-order valence-corrected chi connectivity index (χ2v) is 9.69. The number of amides is 2. The van der Waals surface area contributed by atoms with Crippen molar-refractivity contribution in [1.29, 1.82) is 0 Å². The van der Waals surface area contributed by atoms with Gasteiger partial charge in [-0.05, 0) is 6.42 Å². The molecule has 0 aliphatic rings. The summed E-state index contributed by atoms with van der Waals surface area (Å²) in [6.07, 6.45) is 6.69. The molecule has 2 rings (SSSR count). The Morgan fingerprint density at radius 2 is 1.84 bits per heavy atom. The number of nitrogens with zero attached hydrogens (tertiary/aromatic N) is 5. The summed E-state index contributed by atoms with van der Waals surface area (Å²) in [5.74, 6) is 4.00. The molecule has 0 aliphatic heterocycles. The van der Waals surface area contributed by atoms with Crippen molar-refractivity contribution >= 4 is 27.6 Å². The molecule has 206 valence electrons. The number of aromatic nitrogens is 5. The summed E-state index contributed by atoms with van der Waals surface area (Å²) in [5.41, 5.74) is 1.08. The highest BCUT2D eigenvalue weighted by Crippen LogP contribution is 2.02. The molecule has 0 fully saturated rings. The van der Waals surface area contributed by atoms with Crippen LogP contribution in [0.3, 0.4) is 0 Å². The van der Waals surface area contributed by atoms with Crippen LogP contribution in [0.2, 0.25) is 0 Å². The van der Waals surface area contributed by atoms with Gasteiger partial charge in [-0.1, -0.05) is 17.1 Å². The molecule has 0 aromatic carbocycles. The predicted octanol–water partition coefficient (Wildman–Crippen LogP) is -1.46. The van der Waals surface area contributed by atoms with E-state index in [0.717, 1.165) is 6.26 Å². The molecule has 2 aromatic heterocycles. The first-order valence-corrected chi connectivity index (χ1v) is 13.3. The van der Waals surface area contributed by atoms with Gasteiger partial charge in [0.25, 0.3) is 0 Å². The van der Waals surface area contributed by atoms with Crippen molar-refractivity contribution in [2.24, 2.45) is 0 Å². The van der Waals surface area contributed by atoms with Crippen LogP contribution in [-0.4, -0.2) is 95.5 Å². The molecule has 0 aliphatic carbocycles. The smallest absolute Gasteiger partial charge is 0.329 e. The van der Waals surface area contributed by atoms with Crippen LogP contribution in [-0.2, 0) is 46.8 Å². The number of rotatable bonds is 16. The molecule has 16 heteroatoms. The average molecular weight is 552 g/mol. The third-order valence-corrected chi connectivity index (χ3v) is 5.32. The van der Waals surface area contributed by atoms with Crippen molar-refractivity contribution in [2.75, 3.05) is 39.2 Å². The standard InChI is InChI=1S/C22H29N7O8S/c1-38(34,35)22-25-11-17(12-26-22)5-3-2-4-6-19(30)24-13-18-14-29(28-27-18)8-10-36-9-7-23-20(31)15-37-16-21(32)33/h11-12,14H,2,4,6-10,13,15-16H2,1H3,(H,23,31)(H,24,30)(H,32,33). The van der Waals surface area contributed by atoms with Crippen molar-refractivity contribution in [3.8, 4) is 11.8 Å². The Hall–Kier alpha value is -3.94. The number of carbonyl (C=O) groups excluding carboxylic acids is 2. The number of nitrogens with one attached hydrogen (secondary N) is 2. The molecule has 2 aromatic rings. The van der Waals surface area contributed by atoms with Gasteiger partial charge in [0.1, 0.15) is 18.9 Å². The quantitative estimate of drug-likeness (QED) is 0.124. The molecule has 0 radical (unpaired) electrons. The summed E-state index contributed by atoms with van der Waals surface area (Å²) < 4.78 is 34.3. The minimum Gasteiger partial charge on any atom is -0.480 e. The summed E-state index contributed by atoms with van der Waals surface area (Å²) >= 11 is 0. The lowest BCUT2D eigenvalue weighted by Crippen LogP contribution is -2.31. The maximum atomic E-state index is 12.0. The molecular weight excluding hydrogens is 522 g/mol. The fourth-order valence-electron chi connectivity index (χ4n) is 2.69. The van der Waals surface area contributed by atoms with Gasteiger partial charge in [-0.25, -0.2) is 27.9 Å². The molecule has 0 bridgehead atoms. The number of carbonyl (C=O) groups is 3. The zero-order chi connectivity index (χ0) is 27.8. The van der Waals surface area contributed by atoms with Crippen LogP contribution in [0.15, 0.2) is 23.7 Å². The Kier molecular flexibility index (Phi) is 12.8. The van der Waals surface area contributed by atoms with Gasteiger partial charge in [-0.15, -0.1) is 5.10 Å². The van der Waals surface area contributed by atoms with Gasteiger partial charge in [0.05, 0.1) is 38.1 Å². The van der Waals surface area contributed by atoms with E-state index in [4.69, 9.17) is 9.84 Å². The van der Waals surface area contributed by atoms with E-state index >= 15 is 0 Å². The van der Waals surface area contributed by atoms with Crippen LogP contribution in [0, 0.1) is 11.8 Å². The average Bonchev–Trinajstić information content (AvgIpc) is 3.32. The summed E-state index contributed by atoms with van der Waals surface area (Å²) in [5, 5.41) is 21.4. The van der Waals surface area contributed by atoms with Crippen molar-refractivity contribution in [3.63, 3.8) is 0 Å². The van der Waals surface area contributed by atoms with Crippen molar-refractivity contribution in [3.05, 3.63) is 29.8 Å². The fraction of sp³-hybridized carbons (Fsp3) is 0.500. The maximum Gasteiger partial charge on any atom is 0.329 e. The third-order valence-electron chi connectivity index (χ3n) is 4.44. The minimum absolute atomic E-state index is 0.152. The monoisotopic (exact) mass is 551 g/mol. The van der Waals surface area contributed by atoms with E-state index in [2.05, 4.69) is 47.5 Å². The Morgan fingerprint density at radius 1 is 1.08 bits per heavy atom. The fourth-order valence-corrected chi connectivity index (χ4v) is 3.17. The van der Waals surface area contributed by atoms with Crippen LogP contribution in [0.4, 0.5) is 0 Å². The van der Waals surface area contributed by atoms with E-state index in [9.17, 15) is 22.8 Å². The SMILES string of the molecule is CS(=O)(=O)c1ncc(C#CCCCC(=O)NCc2cn(CCOCCNC(=O)COCC(=O)O)nn2)cn1. The minimum atomic E-state index is -3.45. The maximum absolute atomic E-state index is 12.0. The number of aliphatic carboxylic acids is 1. The number of hydrogen-bond acceptors (Lipinski definition) is 11. The number of hydrogen-bond donors (Lipinski definition) is 3. The second kappa shape index (κ2) is 16.0. The molecular formula is C22H29N7O8S. The zero-order valence-electron chi connectivity index (χ0n) is 20.8. The lowest BCUT2D eigenvalue weighted by Gasteiger charge is -2.06. The van der Waals surface area contributed by atoms with Gasteiger partial charge >= 0.3 is 5.97 Å². The summed E-state index contributed by atoms with van der Waals surface area (Å²) in [4.78, 5) is 41.2. The number of sulfone groups is 1. The largest absolute Gasteiger partial charge is 0.480 e. The van der Waals surface area contributed by atoms with E-state index < -0.39 is 28.3 Å². The molecule has 2 amide bonds. The van der Waals surface area contributed by atoms with E-state index in [0.29, 0.717) is 37.3 Å². The van der Waals surface area contributed by atoms with Crippen molar-refractivity contribution in [1.82, 2.24) is 35.6 Å². The van der Waals surface area contributed by atoms with Crippen molar-refractivity contribution in [2.45, 2.75) is 37.5 Å². The van der Waals surface area contributed by atoms with Gasteiger partial charge < -0.3 is 25.2 Å². The van der Waals surface area contributed by atoms with Gasteiger partial charge in [0.15, 0.2) is 0 Å². The Balaban J connectivity index is 1.54. The van der Waals surface area contributed by atoms with Gasteiger partial charge in [-0.3, -0.25) is 9.59 Å². The van der Waals surface area contributed by atoms with Crippen LogP contribution in [0.5, 0.6) is 0 Å². The molecule has 0 atom stereocenters. The Labute approximate surface area is 219 Å². The van der Waals surface area contributed by atoms with E-state index in [1.165, 1.54) is 12.4 Å². The number of unbranched alkanes of at least 4 members (excludes halogenated alkanes) is 1. The Bertz CT molecular complexity index is 1240. The molecule has 0 unspecified atom stereocenters. The highest BCUT2D eigenvalue weighted by atomic mass is 32.2. The van der Waals surface area contributed by atoms with Crippen LogP contribution < -0.4 is 10.6 Å². The van der Waals surface area contributed by atoms with Crippen molar-refractivity contribution < 1.29 is 37.4 Å². The molecule has 0 saturated carbocycles.